The number of halogens is 1. The van der Waals surface area contributed by atoms with Crippen LogP contribution in [0.25, 0.3) is 0 Å². The van der Waals surface area contributed by atoms with Crippen LogP contribution >= 0.6 is 11.6 Å². The van der Waals surface area contributed by atoms with Gasteiger partial charge in [0.1, 0.15) is 18.0 Å². The summed E-state index contributed by atoms with van der Waals surface area (Å²) >= 11 is 6.34. The van der Waals surface area contributed by atoms with Crippen LogP contribution in [0.3, 0.4) is 0 Å². The van der Waals surface area contributed by atoms with Crippen LogP contribution in [0.15, 0.2) is 84.9 Å². The Bertz CT molecular complexity index is 3430. The van der Waals surface area contributed by atoms with E-state index in [2.05, 4.69) is 81.9 Å². The Labute approximate surface area is 586 Å². The molecule has 2 saturated heterocycles. The Morgan fingerprint density at radius 2 is 1.13 bits per heavy atom. The van der Waals surface area contributed by atoms with Gasteiger partial charge in [-0.15, -0.1) is 0 Å². The number of benzene rings is 4. The van der Waals surface area contributed by atoms with Gasteiger partial charge in [0.2, 0.25) is 5.91 Å². The number of nitrogens with zero attached hydrogens (tertiary/aromatic N) is 3. The minimum absolute atomic E-state index is 0.0192. The summed E-state index contributed by atoms with van der Waals surface area (Å²) in [6.45, 7) is 25.8. The first kappa shape index (κ1) is 80.6. The van der Waals surface area contributed by atoms with E-state index in [1.807, 2.05) is 43.3 Å². The number of hydrogen-bond acceptors (Lipinski definition) is 13. The molecule has 21 heteroatoms. The Balaban J connectivity index is 0.000000356. The van der Waals surface area contributed by atoms with Crippen LogP contribution in [-0.2, 0) is 60.5 Å². The van der Waals surface area contributed by atoms with Crippen molar-refractivity contribution >= 4 is 93.5 Å². The first-order valence-corrected chi connectivity index (χ1v) is 35.4. The van der Waals surface area contributed by atoms with Crippen LogP contribution in [0.4, 0.5) is 32.3 Å². The number of rotatable bonds is 37. The summed E-state index contributed by atoms with van der Waals surface area (Å²) in [6.07, 6.45) is 19.5. The molecule has 4 aromatic carbocycles. The highest BCUT2D eigenvalue weighted by atomic mass is 35.5. The lowest BCUT2D eigenvalue weighted by Gasteiger charge is -2.31. The molecule has 0 radical (unpaired) electrons. The minimum Gasteiger partial charge on any atom is -0.495 e. The molecule has 3 unspecified atom stereocenters. The van der Waals surface area contributed by atoms with Crippen LogP contribution < -0.4 is 30.7 Å². The number of cyclic esters (lactones) is 1. The van der Waals surface area contributed by atoms with E-state index in [1.54, 1.807) is 45.0 Å². The van der Waals surface area contributed by atoms with Crippen molar-refractivity contribution in [2.75, 3.05) is 34.9 Å². The molecular weight excluding hydrogens is 1270 g/mol. The fourth-order valence-electron chi connectivity index (χ4n) is 11.4. The molecule has 6 rings (SSSR count). The van der Waals surface area contributed by atoms with E-state index < -0.39 is 82.4 Å². The third-order valence-electron chi connectivity index (χ3n) is 18.4. The molecule has 0 spiro atoms. The molecule has 98 heavy (non-hydrogen) atoms. The number of anilines is 4. The van der Waals surface area contributed by atoms with E-state index in [9.17, 15) is 47.9 Å². The standard InChI is InChI=1S/C42H62N4O6.C35H46ClN3O7/c1-6-7-8-9-10-11-12-13-14-15-16-17-18-19-23-26-36(47)43-33-27-28-35(52-5)34(29-33)44-40(50)38(39(49)42(2,3)4)46-37(48)31-45(41(46)51)30-32-24-21-20-22-25-32;1-11-26(45-27-17-14-21(33(5,6)12-2)18-23(27)34(7,8)13-3)29(41)37-22-15-16-24(36)25(19-22)38-30(42)28(20(4)40)39-31(43)35(9,10)46-32(39)44/h20-22,24-25,27-29,38H,6-19,23,26,30-31H2,1-5H3,(H,43,47)(H,44,50);14-19,26,28H,11-13H2,1-10H3,(H,37,41)(H,38,42). The number of amides is 9. The lowest BCUT2D eigenvalue weighted by molar-refractivity contribution is -0.143. The SMILES string of the molecule is CCC(Oc1ccc(C(C)(C)CC)cc1C(C)(C)CC)C(=O)Nc1ccc(Cl)c(NC(=O)C(C(C)=O)N2C(=O)OC(C)(C)C2=O)c1.CCCCCCCCCCCCCCCCCC(=O)Nc1ccc(OC)c(NC(=O)C(C(=O)C(C)(C)C)N2C(=O)CN(Cc3ccccc3)C2=O)c1. The second kappa shape index (κ2) is 37.2. The van der Waals surface area contributed by atoms with Gasteiger partial charge in [0, 0.05) is 35.3 Å². The molecular formula is C77H108ClN7O13. The molecule has 3 atom stereocenters. The van der Waals surface area contributed by atoms with Gasteiger partial charge in [0.25, 0.3) is 29.5 Å². The zero-order valence-corrected chi connectivity index (χ0v) is 61.4. The molecule has 4 N–H and O–H groups in total. The summed E-state index contributed by atoms with van der Waals surface area (Å²) in [7, 11) is 1.44. The summed E-state index contributed by atoms with van der Waals surface area (Å²) in [5, 5.41) is 11.0. The van der Waals surface area contributed by atoms with Gasteiger partial charge in [-0.1, -0.05) is 220 Å². The molecule has 4 aromatic rings. The molecule has 2 aliphatic rings. The number of hydrogen-bond donors (Lipinski definition) is 4. The molecule has 9 amide bonds. The molecule has 0 bridgehead atoms. The van der Waals surface area contributed by atoms with Crippen molar-refractivity contribution < 1.29 is 62.2 Å². The van der Waals surface area contributed by atoms with E-state index in [0.29, 0.717) is 40.6 Å². The van der Waals surface area contributed by atoms with Crippen molar-refractivity contribution in [3.63, 3.8) is 0 Å². The summed E-state index contributed by atoms with van der Waals surface area (Å²) in [5.74, 6) is -4.20. The number of ketones is 2. The number of carbonyl (C=O) groups excluding carboxylic acids is 10. The molecule has 20 nitrogen and oxygen atoms in total. The van der Waals surface area contributed by atoms with Gasteiger partial charge in [-0.25, -0.2) is 19.4 Å². The van der Waals surface area contributed by atoms with Gasteiger partial charge in [-0.2, -0.15) is 0 Å². The van der Waals surface area contributed by atoms with Gasteiger partial charge in [0.15, 0.2) is 35.4 Å². The maximum Gasteiger partial charge on any atom is 0.418 e. The van der Waals surface area contributed by atoms with Gasteiger partial charge in [-0.3, -0.25) is 38.4 Å². The van der Waals surface area contributed by atoms with Crippen LogP contribution in [0, 0.1) is 5.41 Å². The average Bonchev–Trinajstić information content (AvgIpc) is 1.53. The second-order valence-corrected chi connectivity index (χ2v) is 28.9. The second-order valence-electron chi connectivity index (χ2n) is 28.5. The highest BCUT2D eigenvalue weighted by Gasteiger charge is 2.53. The van der Waals surface area contributed by atoms with E-state index in [1.165, 1.54) is 121 Å². The third-order valence-corrected chi connectivity index (χ3v) is 18.7. The van der Waals surface area contributed by atoms with Crippen molar-refractivity contribution in [2.24, 2.45) is 5.41 Å². The Morgan fingerprint density at radius 3 is 1.66 bits per heavy atom. The van der Waals surface area contributed by atoms with Crippen molar-refractivity contribution in [1.29, 1.82) is 0 Å². The lowest BCUT2D eigenvalue weighted by Crippen LogP contribution is -2.55. The number of methoxy groups -OCH3 is 1. The Kier molecular flexibility index (Phi) is 30.6. The molecule has 2 fully saturated rings. The number of nitrogens with one attached hydrogen (secondary N) is 4. The quantitative estimate of drug-likeness (QED) is 0.0186. The fraction of sp³-hybridized carbons (Fsp3) is 0.558. The van der Waals surface area contributed by atoms with Crippen LogP contribution in [0.2, 0.25) is 5.02 Å². The normalized spacial score (nSPS) is 14.8. The van der Waals surface area contributed by atoms with Crippen LogP contribution in [-0.4, -0.2) is 111 Å². The molecule has 2 heterocycles. The minimum atomic E-state index is -1.77. The summed E-state index contributed by atoms with van der Waals surface area (Å²) in [5.41, 5.74) is 1.28. The highest BCUT2D eigenvalue weighted by Crippen LogP contribution is 2.40. The maximum atomic E-state index is 13.9. The number of ether oxygens (including phenoxy) is 3. The van der Waals surface area contributed by atoms with Gasteiger partial charge in [-0.05, 0) is 111 Å². The molecule has 0 aliphatic carbocycles. The van der Waals surface area contributed by atoms with Crippen molar-refractivity contribution in [3.8, 4) is 11.5 Å². The number of imide groups is 2. The van der Waals surface area contributed by atoms with E-state index in [-0.39, 0.29) is 46.2 Å². The third kappa shape index (κ3) is 22.7. The van der Waals surface area contributed by atoms with E-state index in [0.717, 1.165) is 55.1 Å². The molecule has 0 saturated carbocycles. The number of carbonyl (C=O) groups is 10. The Morgan fingerprint density at radius 1 is 0.602 bits per heavy atom. The summed E-state index contributed by atoms with van der Waals surface area (Å²) in [6, 6.07) is 20.5. The van der Waals surface area contributed by atoms with Crippen molar-refractivity contribution in [1.82, 2.24) is 14.7 Å². The van der Waals surface area contributed by atoms with Crippen molar-refractivity contribution in [3.05, 3.63) is 107 Å². The zero-order chi connectivity index (χ0) is 72.7. The van der Waals surface area contributed by atoms with Crippen LogP contribution in [0.5, 0.6) is 11.5 Å². The van der Waals surface area contributed by atoms with E-state index >= 15 is 0 Å². The molecule has 536 valence electrons. The summed E-state index contributed by atoms with van der Waals surface area (Å²) < 4.78 is 16.9. The van der Waals surface area contributed by atoms with Gasteiger partial charge in [0.05, 0.1) is 23.5 Å². The number of urea groups is 1. The monoisotopic (exact) mass is 1370 g/mol. The van der Waals surface area contributed by atoms with Crippen LogP contribution in [0.1, 0.15) is 236 Å². The Hall–Kier alpha value is -8.13. The smallest absolute Gasteiger partial charge is 0.418 e. The average molecular weight is 1380 g/mol. The highest BCUT2D eigenvalue weighted by molar-refractivity contribution is 6.34. The fourth-order valence-corrected chi connectivity index (χ4v) is 11.6. The van der Waals surface area contributed by atoms with Gasteiger partial charge >= 0.3 is 12.1 Å². The first-order chi connectivity index (χ1) is 46.2. The first-order valence-electron chi connectivity index (χ1n) is 35.0. The van der Waals surface area contributed by atoms with E-state index in [4.69, 9.17) is 25.8 Å². The van der Waals surface area contributed by atoms with Crippen molar-refractivity contribution in [2.45, 2.75) is 260 Å². The number of Topliss-reactive ketones (excluding diaryl/α,β-unsaturated/α-hetero) is 2. The lowest BCUT2D eigenvalue weighted by atomic mass is 9.76. The molecule has 2 aliphatic heterocycles. The maximum absolute atomic E-state index is 13.9. The topological polar surface area (TPSA) is 256 Å². The van der Waals surface area contributed by atoms with Gasteiger partial charge < -0.3 is 40.4 Å². The zero-order valence-electron chi connectivity index (χ0n) is 60.7. The predicted octanol–water partition coefficient (Wildman–Crippen LogP) is 16.4. The number of unbranched alkanes of at least 4 members (excludes halogenated alkanes) is 14. The molecule has 0 aromatic heterocycles. The predicted molar refractivity (Wildman–Crippen MR) is 386 cm³/mol. The summed E-state index contributed by atoms with van der Waals surface area (Å²) in [4.78, 5) is 134. The largest absolute Gasteiger partial charge is 0.495 e.